The zero-order valence-corrected chi connectivity index (χ0v) is 18.7. The summed E-state index contributed by atoms with van der Waals surface area (Å²) in [6.45, 7) is 12.3. The van der Waals surface area contributed by atoms with Crippen molar-refractivity contribution in [3.63, 3.8) is 0 Å². The van der Waals surface area contributed by atoms with E-state index in [0.717, 1.165) is 57.6 Å². The lowest BCUT2D eigenvalue weighted by molar-refractivity contribution is 0.393. The maximum Gasteiger partial charge on any atom is 0.201 e. The second-order valence-electron chi connectivity index (χ2n) is 7.71. The average molecular weight is 409 g/mol. The first-order chi connectivity index (χ1) is 14.3. The van der Waals surface area contributed by atoms with E-state index in [1.54, 1.807) is 6.92 Å². The molecule has 1 fully saturated rings. The molecule has 1 aromatic carbocycles. The van der Waals surface area contributed by atoms with Gasteiger partial charge in [0.2, 0.25) is 5.95 Å². The Bertz CT molecular complexity index is 1080. The summed E-state index contributed by atoms with van der Waals surface area (Å²) in [5.74, 6) is 2.25. The lowest BCUT2D eigenvalue weighted by Crippen LogP contribution is -2.06. The summed E-state index contributed by atoms with van der Waals surface area (Å²) in [6.07, 6.45) is 2.56. The lowest BCUT2D eigenvalue weighted by Gasteiger charge is -2.12. The molecule has 0 radical (unpaired) electrons. The number of rotatable bonds is 6. The highest BCUT2D eigenvalue weighted by molar-refractivity contribution is 6.24. The third kappa shape index (κ3) is 4.25. The van der Waals surface area contributed by atoms with E-state index in [0.29, 0.717) is 17.0 Å². The molecule has 7 heteroatoms. The summed E-state index contributed by atoms with van der Waals surface area (Å²) in [7, 11) is 0. The molecule has 0 unspecified atom stereocenters. The van der Waals surface area contributed by atoms with Gasteiger partial charge in [0.25, 0.3) is 0 Å². The molecule has 1 aliphatic rings. The maximum absolute atomic E-state index is 8.25. The molecule has 0 spiro atoms. The summed E-state index contributed by atoms with van der Waals surface area (Å²) in [5, 5.41) is 15.7. The monoisotopic (exact) mass is 408 g/mol. The minimum Gasteiger partial charge on any atom is -0.402 e. The molecule has 1 aliphatic carbocycles. The summed E-state index contributed by atoms with van der Waals surface area (Å²) >= 11 is 0. The zero-order valence-electron chi connectivity index (χ0n) is 18.7. The van der Waals surface area contributed by atoms with Gasteiger partial charge in [-0.25, -0.2) is 4.98 Å². The predicted octanol–water partition coefficient (Wildman–Crippen LogP) is 5.41. The molecule has 0 bridgehead atoms. The van der Waals surface area contributed by atoms with Crippen LogP contribution in [-0.4, -0.2) is 27.4 Å². The molecule has 160 valence electrons. The summed E-state index contributed by atoms with van der Waals surface area (Å²) in [5.41, 5.74) is 13.2. The van der Waals surface area contributed by atoms with Crippen LogP contribution in [0.5, 0.6) is 0 Å². The van der Waals surface area contributed by atoms with Crippen molar-refractivity contribution >= 4 is 28.3 Å². The second-order valence-corrected chi connectivity index (χ2v) is 7.71. The SMILES string of the molecule is CC.CC(=N)/C(=C(/C)N)c1cc(-c2c(C)noc2C)cc2[nH]c(NCC3CC3)nc12. The number of nitrogens with two attached hydrogens (primary N) is 1. The molecular formula is C23H32N6O. The van der Waals surface area contributed by atoms with Crippen LogP contribution in [0.25, 0.3) is 27.7 Å². The van der Waals surface area contributed by atoms with Crippen LogP contribution in [-0.2, 0) is 0 Å². The van der Waals surface area contributed by atoms with Gasteiger partial charge < -0.3 is 26.0 Å². The summed E-state index contributed by atoms with van der Waals surface area (Å²) in [6, 6.07) is 4.09. The molecule has 0 aliphatic heterocycles. The Kier molecular flexibility index (Phi) is 6.29. The molecule has 3 aromatic rings. The fraction of sp³-hybridized carbons (Fsp3) is 0.435. The number of H-pyrrole nitrogens is 1. The number of hydrogen-bond donors (Lipinski definition) is 4. The van der Waals surface area contributed by atoms with Gasteiger partial charge in [-0.15, -0.1) is 0 Å². The van der Waals surface area contributed by atoms with Crippen molar-refractivity contribution in [2.24, 2.45) is 11.7 Å². The van der Waals surface area contributed by atoms with Gasteiger partial charge in [0.05, 0.1) is 16.7 Å². The van der Waals surface area contributed by atoms with Crippen LogP contribution >= 0.6 is 0 Å². The van der Waals surface area contributed by atoms with Gasteiger partial charge in [0, 0.05) is 34.7 Å². The van der Waals surface area contributed by atoms with E-state index in [9.17, 15) is 0 Å². The Labute approximate surface area is 177 Å². The third-order valence-electron chi connectivity index (χ3n) is 5.20. The number of nitrogens with one attached hydrogen (secondary N) is 3. The number of aromatic amines is 1. The Morgan fingerprint density at radius 1 is 1.27 bits per heavy atom. The molecule has 2 heterocycles. The maximum atomic E-state index is 8.25. The second kappa shape index (κ2) is 8.73. The van der Waals surface area contributed by atoms with Crippen LogP contribution < -0.4 is 11.1 Å². The number of fused-ring (bicyclic) bond motifs is 1. The van der Waals surface area contributed by atoms with E-state index in [2.05, 4.69) is 21.5 Å². The van der Waals surface area contributed by atoms with Crippen LogP contribution in [0.2, 0.25) is 0 Å². The van der Waals surface area contributed by atoms with Crippen LogP contribution in [0.15, 0.2) is 22.4 Å². The molecule has 7 nitrogen and oxygen atoms in total. The first-order valence-corrected chi connectivity index (χ1v) is 10.6. The number of aromatic nitrogens is 3. The van der Waals surface area contributed by atoms with Crippen molar-refractivity contribution in [2.45, 2.75) is 54.4 Å². The highest BCUT2D eigenvalue weighted by atomic mass is 16.5. The fourth-order valence-electron chi connectivity index (χ4n) is 3.70. The van der Waals surface area contributed by atoms with Crippen molar-refractivity contribution in [3.8, 4) is 11.1 Å². The van der Waals surface area contributed by atoms with Gasteiger partial charge in [-0.2, -0.15) is 0 Å². The van der Waals surface area contributed by atoms with E-state index in [-0.39, 0.29) is 0 Å². The van der Waals surface area contributed by atoms with Crippen LogP contribution in [0.1, 0.15) is 57.6 Å². The number of imidazole rings is 1. The fourth-order valence-corrected chi connectivity index (χ4v) is 3.70. The third-order valence-corrected chi connectivity index (χ3v) is 5.20. The quantitative estimate of drug-likeness (QED) is 0.407. The van der Waals surface area contributed by atoms with Gasteiger partial charge in [-0.05, 0) is 64.2 Å². The molecule has 30 heavy (non-hydrogen) atoms. The van der Waals surface area contributed by atoms with E-state index >= 15 is 0 Å². The van der Waals surface area contributed by atoms with E-state index < -0.39 is 0 Å². The molecule has 0 amide bonds. The van der Waals surface area contributed by atoms with Crippen molar-refractivity contribution in [1.82, 2.24) is 15.1 Å². The normalized spacial score (nSPS) is 14.2. The number of hydrogen-bond acceptors (Lipinski definition) is 6. The van der Waals surface area contributed by atoms with Gasteiger partial charge >= 0.3 is 0 Å². The van der Waals surface area contributed by atoms with Crippen molar-refractivity contribution < 1.29 is 4.52 Å². The molecule has 4 rings (SSSR count). The van der Waals surface area contributed by atoms with E-state index in [1.165, 1.54) is 12.8 Å². The molecule has 5 N–H and O–H groups in total. The molecule has 0 saturated heterocycles. The number of allylic oxidation sites excluding steroid dienone is 2. The average Bonchev–Trinajstić information content (AvgIpc) is 3.34. The minimum absolute atomic E-state index is 0.410. The first kappa shape index (κ1) is 21.6. The van der Waals surface area contributed by atoms with Crippen molar-refractivity contribution in [3.05, 3.63) is 34.8 Å². The lowest BCUT2D eigenvalue weighted by atomic mass is 9.94. The molecule has 0 atom stereocenters. The minimum atomic E-state index is 0.410. The Morgan fingerprint density at radius 2 is 1.97 bits per heavy atom. The van der Waals surface area contributed by atoms with E-state index in [4.69, 9.17) is 20.7 Å². The Morgan fingerprint density at radius 3 is 2.50 bits per heavy atom. The van der Waals surface area contributed by atoms with Crippen LogP contribution in [0.4, 0.5) is 5.95 Å². The first-order valence-electron chi connectivity index (χ1n) is 10.6. The number of aryl methyl sites for hydroxylation is 2. The molecule has 1 saturated carbocycles. The van der Waals surface area contributed by atoms with Crippen LogP contribution in [0, 0.1) is 25.2 Å². The number of nitrogens with zero attached hydrogens (tertiary/aromatic N) is 2. The molecular weight excluding hydrogens is 376 g/mol. The predicted molar refractivity (Wildman–Crippen MR) is 124 cm³/mol. The van der Waals surface area contributed by atoms with Crippen molar-refractivity contribution in [2.75, 3.05) is 11.9 Å². The largest absolute Gasteiger partial charge is 0.402 e. The van der Waals surface area contributed by atoms with Crippen molar-refractivity contribution in [1.29, 1.82) is 5.41 Å². The highest BCUT2D eigenvalue weighted by Gasteiger charge is 2.22. The Balaban J connectivity index is 0.00000124. The smallest absolute Gasteiger partial charge is 0.201 e. The van der Waals surface area contributed by atoms with Gasteiger partial charge in [0.1, 0.15) is 5.76 Å². The number of anilines is 1. The van der Waals surface area contributed by atoms with E-state index in [1.807, 2.05) is 40.7 Å². The standard InChI is InChI=1S/C21H26N6O.C2H6/c1-10(22)18(11(2)23)16-7-15(19-12(3)27-28-13(19)4)8-17-20(16)26-21(25-17)24-9-14-5-6-14;1-2/h7-8,14,22H,5-6,9,23H2,1-4H3,(H2,24,25,26);1-2H3/b18-11+,22-10?;. The zero-order chi connectivity index (χ0) is 22.0. The summed E-state index contributed by atoms with van der Waals surface area (Å²) < 4.78 is 5.37. The molecule has 2 aromatic heterocycles. The number of benzene rings is 1. The highest BCUT2D eigenvalue weighted by Crippen LogP contribution is 2.35. The Hall–Kier alpha value is -3.09. The topological polar surface area (TPSA) is 117 Å². The van der Waals surface area contributed by atoms with Gasteiger partial charge in [0.15, 0.2) is 0 Å². The van der Waals surface area contributed by atoms with Gasteiger partial charge in [-0.3, -0.25) is 0 Å². The van der Waals surface area contributed by atoms with Gasteiger partial charge in [-0.1, -0.05) is 19.0 Å². The van der Waals surface area contributed by atoms with Crippen LogP contribution in [0.3, 0.4) is 0 Å². The summed E-state index contributed by atoms with van der Waals surface area (Å²) in [4.78, 5) is 8.16.